The first kappa shape index (κ1) is 20.0. The molecule has 1 saturated heterocycles. The number of nitrogens with zero attached hydrogens (tertiary/aromatic N) is 2. The van der Waals surface area contributed by atoms with E-state index in [-0.39, 0.29) is 17.5 Å². The van der Waals surface area contributed by atoms with Crippen LogP contribution in [-0.4, -0.2) is 63.3 Å². The Bertz CT molecular complexity index is 627. The lowest BCUT2D eigenvalue weighted by Crippen LogP contribution is -2.49. The highest BCUT2D eigenvalue weighted by Gasteiger charge is 2.42. The Morgan fingerprint density at radius 3 is 2.56 bits per heavy atom. The molecule has 2 fully saturated rings. The molecule has 2 atom stereocenters. The van der Waals surface area contributed by atoms with Crippen LogP contribution in [0.15, 0.2) is 23.2 Å². The van der Waals surface area contributed by atoms with E-state index in [0.717, 1.165) is 57.9 Å². The summed E-state index contributed by atoms with van der Waals surface area (Å²) >= 11 is 0. The molecule has 27 heavy (non-hydrogen) atoms. The number of piperidine rings is 1. The van der Waals surface area contributed by atoms with E-state index in [2.05, 4.69) is 20.5 Å². The standard InChI is InChI=1S/C20H30F2N4O/c1-23-20(24-14-7-10-26(11-8-14)9-4-12-27-2)25-18-13-15(18)19-16(21)5-3-6-17(19)22/h3,5-6,14-15,18H,4,7-13H2,1-2H3,(H2,23,24,25). The van der Waals surface area contributed by atoms with Crippen LogP contribution < -0.4 is 10.6 Å². The number of ether oxygens (including phenoxy) is 1. The van der Waals surface area contributed by atoms with E-state index in [1.54, 1.807) is 14.2 Å². The van der Waals surface area contributed by atoms with Crippen molar-refractivity contribution in [3.8, 4) is 0 Å². The van der Waals surface area contributed by atoms with Crippen molar-refractivity contribution >= 4 is 5.96 Å². The van der Waals surface area contributed by atoms with Crippen LogP contribution in [0, 0.1) is 11.6 Å². The quantitative estimate of drug-likeness (QED) is 0.434. The Balaban J connectivity index is 1.44. The lowest BCUT2D eigenvalue weighted by atomic mass is 10.1. The van der Waals surface area contributed by atoms with Crippen LogP contribution in [0.3, 0.4) is 0 Å². The highest BCUT2D eigenvalue weighted by Crippen LogP contribution is 2.43. The number of benzene rings is 1. The van der Waals surface area contributed by atoms with E-state index in [4.69, 9.17) is 4.74 Å². The zero-order chi connectivity index (χ0) is 19.2. The molecule has 2 unspecified atom stereocenters. The summed E-state index contributed by atoms with van der Waals surface area (Å²) in [4.78, 5) is 6.76. The second-order valence-electron chi connectivity index (χ2n) is 7.41. The number of likely N-dealkylation sites (tertiary alicyclic amines) is 1. The lowest BCUT2D eigenvalue weighted by molar-refractivity contribution is 0.155. The molecule has 2 aliphatic rings. The number of aliphatic imine (C=N–C) groups is 1. The van der Waals surface area contributed by atoms with Gasteiger partial charge in [-0.2, -0.15) is 0 Å². The van der Waals surface area contributed by atoms with Gasteiger partial charge in [-0.1, -0.05) is 6.07 Å². The van der Waals surface area contributed by atoms with Gasteiger partial charge in [0.2, 0.25) is 0 Å². The average molecular weight is 380 g/mol. The highest BCUT2D eigenvalue weighted by molar-refractivity contribution is 5.80. The van der Waals surface area contributed by atoms with Crippen LogP contribution >= 0.6 is 0 Å². The predicted octanol–water partition coefficient (Wildman–Crippen LogP) is 2.49. The fourth-order valence-corrected chi connectivity index (χ4v) is 3.81. The van der Waals surface area contributed by atoms with Gasteiger partial charge in [-0.15, -0.1) is 0 Å². The number of guanidine groups is 1. The first-order valence-corrected chi connectivity index (χ1v) is 9.77. The lowest BCUT2D eigenvalue weighted by Gasteiger charge is -2.33. The first-order valence-electron chi connectivity index (χ1n) is 9.77. The third-order valence-corrected chi connectivity index (χ3v) is 5.46. The van der Waals surface area contributed by atoms with E-state index in [1.807, 2.05) is 0 Å². The molecule has 1 aromatic rings. The minimum absolute atomic E-state index is 0.0248. The molecule has 0 aromatic heterocycles. The number of nitrogens with one attached hydrogen (secondary N) is 2. The monoisotopic (exact) mass is 380 g/mol. The Kier molecular flexibility index (Phi) is 7.01. The summed E-state index contributed by atoms with van der Waals surface area (Å²) in [6.45, 7) is 4.00. The van der Waals surface area contributed by atoms with E-state index < -0.39 is 11.6 Å². The molecule has 0 spiro atoms. The first-order chi connectivity index (χ1) is 13.1. The molecule has 1 heterocycles. The van der Waals surface area contributed by atoms with Crippen molar-refractivity contribution in [2.45, 2.75) is 43.7 Å². The maximum atomic E-state index is 13.9. The van der Waals surface area contributed by atoms with Crippen LogP contribution in [0.25, 0.3) is 0 Å². The molecule has 7 heteroatoms. The summed E-state index contributed by atoms with van der Waals surface area (Å²) in [7, 11) is 3.47. The van der Waals surface area contributed by atoms with E-state index >= 15 is 0 Å². The zero-order valence-corrected chi connectivity index (χ0v) is 16.2. The fourth-order valence-electron chi connectivity index (χ4n) is 3.81. The summed E-state index contributed by atoms with van der Waals surface area (Å²) in [5.41, 5.74) is 0.190. The molecule has 5 nitrogen and oxygen atoms in total. The third kappa shape index (κ3) is 5.39. The van der Waals surface area contributed by atoms with E-state index in [1.165, 1.54) is 18.2 Å². The minimum Gasteiger partial charge on any atom is -0.385 e. The van der Waals surface area contributed by atoms with Gasteiger partial charge in [-0.05, 0) is 37.8 Å². The third-order valence-electron chi connectivity index (χ3n) is 5.46. The van der Waals surface area contributed by atoms with E-state index in [0.29, 0.717) is 6.04 Å². The Morgan fingerprint density at radius 2 is 1.93 bits per heavy atom. The molecule has 2 N–H and O–H groups in total. The van der Waals surface area contributed by atoms with Gasteiger partial charge in [-0.25, -0.2) is 8.78 Å². The molecule has 1 aliphatic heterocycles. The number of rotatable bonds is 7. The average Bonchev–Trinajstić information content (AvgIpc) is 3.41. The molecule has 3 rings (SSSR count). The topological polar surface area (TPSA) is 48.9 Å². The number of methoxy groups -OCH3 is 1. The van der Waals surface area contributed by atoms with Crippen molar-refractivity contribution in [3.63, 3.8) is 0 Å². The highest BCUT2D eigenvalue weighted by atomic mass is 19.1. The number of hydrogen-bond donors (Lipinski definition) is 2. The van der Waals surface area contributed by atoms with Crippen LogP contribution in [0.4, 0.5) is 8.78 Å². The summed E-state index contributed by atoms with van der Waals surface area (Å²) in [5.74, 6) is -0.342. The molecule has 0 radical (unpaired) electrons. The van der Waals surface area contributed by atoms with Gasteiger partial charge >= 0.3 is 0 Å². The molecular formula is C20H30F2N4O. The molecule has 1 saturated carbocycles. The van der Waals surface area contributed by atoms with E-state index in [9.17, 15) is 8.78 Å². The maximum absolute atomic E-state index is 13.9. The van der Waals surface area contributed by atoms with Gasteiger partial charge in [0.05, 0.1) is 0 Å². The Morgan fingerprint density at radius 1 is 1.22 bits per heavy atom. The van der Waals surface area contributed by atoms with Crippen molar-refractivity contribution in [3.05, 3.63) is 35.4 Å². The van der Waals surface area contributed by atoms with Crippen LogP contribution in [0.5, 0.6) is 0 Å². The molecule has 150 valence electrons. The molecule has 1 aromatic carbocycles. The zero-order valence-electron chi connectivity index (χ0n) is 16.2. The second kappa shape index (κ2) is 9.46. The van der Waals surface area contributed by atoms with Gasteiger partial charge in [0.1, 0.15) is 11.6 Å². The van der Waals surface area contributed by atoms with Crippen molar-refractivity contribution in [1.29, 1.82) is 0 Å². The van der Waals surface area contributed by atoms with Gasteiger partial charge in [-0.3, -0.25) is 4.99 Å². The second-order valence-corrected chi connectivity index (χ2v) is 7.41. The summed E-state index contributed by atoms with van der Waals surface area (Å²) in [5, 5.41) is 6.79. The van der Waals surface area contributed by atoms with Crippen LogP contribution in [0.2, 0.25) is 0 Å². The molecular weight excluding hydrogens is 350 g/mol. The largest absolute Gasteiger partial charge is 0.385 e. The van der Waals surface area contributed by atoms with Gasteiger partial charge in [0, 0.05) is 64.0 Å². The van der Waals surface area contributed by atoms with Crippen molar-refractivity contribution in [1.82, 2.24) is 15.5 Å². The van der Waals surface area contributed by atoms with Gasteiger partial charge in [0.15, 0.2) is 5.96 Å². The number of halogens is 2. The van der Waals surface area contributed by atoms with Crippen molar-refractivity contribution in [2.24, 2.45) is 4.99 Å². The van der Waals surface area contributed by atoms with Gasteiger partial charge in [0.25, 0.3) is 0 Å². The smallest absolute Gasteiger partial charge is 0.191 e. The number of hydrogen-bond acceptors (Lipinski definition) is 3. The minimum atomic E-state index is -0.465. The molecule has 0 amide bonds. The van der Waals surface area contributed by atoms with Crippen molar-refractivity contribution in [2.75, 3.05) is 40.4 Å². The van der Waals surface area contributed by atoms with Crippen LogP contribution in [-0.2, 0) is 4.74 Å². The molecule has 0 bridgehead atoms. The van der Waals surface area contributed by atoms with Crippen molar-refractivity contribution < 1.29 is 13.5 Å². The SMILES string of the molecule is CN=C(NC1CCN(CCCOC)CC1)NC1CC1c1c(F)cccc1F. The fraction of sp³-hybridized carbons (Fsp3) is 0.650. The molecule has 1 aliphatic carbocycles. The Hall–Kier alpha value is -1.73. The summed E-state index contributed by atoms with van der Waals surface area (Å²) in [6.07, 6.45) is 3.90. The van der Waals surface area contributed by atoms with Crippen LogP contribution in [0.1, 0.15) is 37.2 Å². The van der Waals surface area contributed by atoms with Gasteiger partial charge < -0.3 is 20.3 Å². The maximum Gasteiger partial charge on any atom is 0.191 e. The normalized spacial score (nSPS) is 24.1. The predicted molar refractivity (Wildman–Crippen MR) is 103 cm³/mol. The summed E-state index contributed by atoms with van der Waals surface area (Å²) in [6, 6.07) is 4.44. The summed E-state index contributed by atoms with van der Waals surface area (Å²) < 4.78 is 33.0. The Labute approximate surface area is 160 Å².